The van der Waals surface area contributed by atoms with Gasteiger partial charge in [0.05, 0.1) is 18.5 Å². The third kappa shape index (κ3) is 11.5. The molecule has 0 unspecified atom stereocenters. The number of rotatable bonds is 15. The first kappa shape index (κ1) is 38.7. The molecule has 0 saturated heterocycles. The van der Waals surface area contributed by atoms with Crippen LogP contribution in [-0.2, 0) is 30.3 Å². The van der Waals surface area contributed by atoms with Gasteiger partial charge in [-0.1, -0.05) is 55.8 Å². The van der Waals surface area contributed by atoms with Crippen LogP contribution in [0.4, 0.5) is 8.78 Å². The average molecular weight is 719 g/mol. The third-order valence-electron chi connectivity index (χ3n) is 7.12. The highest BCUT2D eigenvalue weighted by Crippen LogP contribution is 2.37. The maximum absolute atomic E-state index is 15.0. The fraction of sp³-hybridized carbons (Fsp3) is 0.0952. The Kier molecular flexibility index (Phi) is 14.2. The summed E-state index contributed by atoms with van der Waals surface area (Å²) in [7, 11) is 0. The van der Waals surface area contributed by atoms with Crippen molar-refractivity contribution in [2.75, 3.05) is 13.5 Å². The highest BCUT2D eigenvalue weighted by Gasteiger charge is 2.17. The van der Waals surface area contributed by atoms with Gasteiger partial charge in [0.2, 0.25) is 6.79 Å². The smallest absolute Gasteiger partial charge is 0.345 e. The summed E-state index contributed by atoms with van der Waals surface area (Å²) >= 11 is 0. The molecule has 0 spiro atoms. The molecule has 0 N–H and O–H groups in total. The molecule has 4 aromatic rings. The molecule has 0 fully saturated rings. The van der Waals surface area contributed by atoms with E-state index in [1.54, 1.807) is 54.6 Å². The number of ether oxygens (including phenoxy) is 5. The van der Waals surface area contributed by atoms with Crippen molar-refractivity contribution < 1.29 is 51.6 Å². The number of carbonyl (C=O) groups is 4. The summed E-state index contributed by atoms with van der Waals surface area (Å²) in [4.78, 5) is 47.5. The molecule has 11 heteroatoms. The molecule has 53 heavy (non-hydrogen) atoms. The fourth-order valence-corrected chi connectivity index (χ4v) is 4.64. The lowest BCUT2D eigenvalue weighted by molar-refractivity contribution is -0.144. The number of carbonyl (C=O) groups excluding carboxylic acids is 4. The summed E-state index contributed by atoms with van der Waals surface area (Å²) in [5, 5.41) is 0. The number of benzene rings is 4. The van der Waals surface area contributed by atoms with Crippen LogP contribution in [0.15, 0.2) is 123 Å². The van der Waals surface area contributed by atoms with E-state index in [-0.39, 0.29) is 36.5 Å². The summed E-state index contributed by atoms with van der Waals surface area (Å²) in [6.07, 6.45) is 6.06. The van der Waals surface area contributed by atoms with Gasteiger partial charge in [0.25, 0.3) is 0 Å². The Balaban J connectivity index is 1.54. The van der Waals surface area contributed by atoms with Crippen LogP contribution in [0, 0.1) is 17.7 Å². The van der Waals surface area contributed by atoms with E-state index in [0.717, 1.165) is 30.6 Å². The van der Waals surface area contributed by atoms with Gasteiger partial charge in [0.1, 0.15) is 23.1 Å². The second kappa shape index (κ2) is 19.4. The van der Waals surface area contributed by atoms with Gasteiger partial charge >= 0.3 is 23.9 Å². The maximum atomic E-state index is 15.0. The van der Waals surface area contributed by atoms with Crippen molar-refractivity contribution in [3.63, 3.8) is 0 Å². The molecule has 0 amide bonds. The topological polar surface area (TPSA) is 114 Å². The van der Waals surface area contributed by atoms with E-state index < -0.39 is 36.4 Å². The first-order valence-electron chi connectivity index (χ1n) is 15.9. The average Bonchev–Trinajstić information content (AvgIpc) is 3.17. The van der Waals surface area contributed by atoms with Crippen LogP contribution in [0.1, 0.15) is 39.0 Å². The van der Waals surface area contributed by atoms with Crippen LogP contribution in [0.3, 0.4) is 0 Å². The molecule has 0 bridgehead atoms. The van der Waals surface area contributed by atoms with Crippen LogP contribution in [0.25, 0.3) is 17.2 Å². The predicted molar refractivity (Wildman–Crippen MR) is 193 cm³/mol. The van der Waals surface area contributed by atoms with E-state index in [4.69, 9.17) is 23.7 Å². The van der Waals surface area contributed by atoms with Gasteiger partial charge in [-0.05, 0) is 90.2 Å². The lowest BCUT2D eigenvalue weighted by Crippen LogP contribution is -2.08. The lowest BCUT2D eigenvalue weighted by atomic mass is 9.93. The number of halogens is 2. The number of alkyl halides is 1. The van der Waals surface area contributed by atoms with Crippen LogP contribution < -0.4 is 14.2 Å². The molecular formula is C42H32F2O9. The molecule has 0 aliphatic carbocycles. The molecule has 0 aliphatic heterocycles. The fourth-order valence-electron chi connectivity index (χ4n) is 4.64. The van der Waals surface area contributed by atoms with Gasteiger partial charge in [-0.25, -0.2) is 23.6 Å². The minimum absolute atomic E-state index is 0.133. The molecular weight excluding hydrogens is 686 g/mol. The minimum atomic E-state index is -0.938. The number of esters is 4. The predicted octanol–water partition coefficient (Wildman–Crippen LogP) is 7.87. The van der Waals surface area contributed by atoms with Gasteiger partial charge in [-0.2, -0.15) is 0 Å². The molecule has 268 valence electrons. The number of hydrogen-bond acceptors (Lipinski definition) is 9. The summed E-state index contributed by atoms with van der Waals surface area (Å²) in [5.41, 5.74) is 2.68. The van der Waals surface area contributed by atoms with E-state index in [9.17, 15) is 23.6 Å². The van der Waals surface area contributed by atoms with Crippen molar-refractivity contribution >= 4 is 30.0 Å². The van der Waals surface area contributed by atoms with Crippen LogP contribution in [0.2, 0.25) is 0 Å². The lowest BCUT2D eigenvalue weighted by Gasteiger charge is -2.16. The van der Waals surface area contributed by atoms with Crippen molar-refractivity contribution in [2.24, 2.45) is 0 Å². The van der Waals surface area contributed by atoms with Crippen molar-refractivity contribution in [3.8, 4) is 40.2 Å². The molecule has 0 aliphatic rings. The Morgan fingerprint density at radius 2 is 1.40 bits per heavy atom. The second-order valence-electron chi connectivity index (χ2n) is 10.7. The number of hydrogen-bond donors (Lipinski definition) is 0. The Bertz CT molecular complexity index is 2110. The first-order valence-corrected chi connectivity index (χ1v) is 15.9. The summed E-state index contributed by atoms with van der Waals surface area (Å²) in [6, 6.07) is 20.0. The molecule has 4 aromatic carbocycles. The van der Waals surface area contributed by atoms with Gasteiger partial charge in [-0.3, -0.25) is 4.39 Å². The van der Waals surface area contributed by atoms with Crippen molar-refractivity contribution in [1.29, 1.82) is 0 Å². The van der Waals surface area contributed by atoms with E-state index >= 15 is 4.39 Å². The highest BCUT2D eigenvalue weighted by molar-refractivity contribution is 5.90. The first-order chi connectivity index (χ1) is 25.6. The Hall–Kier alpha value is -7.06. The zero-order chi connectivity index (χ0) is 38.2. The second-order valence-corrected chi connectivity index (χ2v) is 10.7. The van der Waals surface area contributed by atoms with Crippen LogP contribution in [-0.4, -0.2) is 37.3 Å². The number of aryl methyl sites for hydroxylation is 1. The maximum Gasteiger partial charge on any atom is 0.345 e. The summed E-state index contributed by atoms with van der Waals surface area (Å²) in [5.74, 6) is 2.82. The summed E-state index contributed by atoms with van der Waals surface area (Å²) in [6.45, 7) is 9.18. The Labute approximate surface area is 304 Å². The van der Waals surface area contributed by atoms with E-state index in [1.165, 1.54) is 24.3 Å². The van der Waals surface area contributed by atoms with Crippen LogP contribution >= 0.6 is 0 Å². The standard InChI is InChI=1S/C42H32F2O9/c1-4-38(45)51-27-50-33-18-14-31(15-19-33)41-32(8-7-22-43)24-30(26-37(41)53-40(47)6-3)10-9-29-13-20-35(36(44)25-29)42(48)49-23-21-28-11-16-34(17-12-28)52-39(46)5-2/h4-6,11-21,23-26H,1-3,7-8,22,27H2. The Morgan fingerprint density at radius 1 is 0.736 bits per heavy atom. The van der Waals surface area contributed by atoms with Gasteiger partial charge < -0.3 is 23.7 Å². The molecule has 4 rings (SSSR count). The van der Waals surface area contributed by atoms with Crippen LogP contribution in [0.5, 0.6) is 17.2 Å². The zero-order valence-electron chi connectivity index (χ0n) is 28.3. The van der Waals surface area contributed by atoms with Crippen molar-refractivity contribution in [3.05, 3.63) is 157 Å². The zero-order valence-corrected chi connectivity index (χ0v) is 28.3. The van der Waals surface area contributed by atoms with E-state index in [2.05, 4.69) is 31.6 Å². The summed E-state index contributed by atoms with van der Waals surface area (Å²) < 4.78 is 54.3. The molecule has 0 heterocycles. The molecule has 0 radical (unpaired) electrons. The molecule has 9 nitrogen and oxygen atoms in total. The van der Waals surface area contributed by atoms with E-state index in [0.29, 0.717) is 39.3 Å². The largest absolute Gasteiger partial charge is 0.457 e. The molecule has 0 atom stereocenters. The van der Waals surface area contributed by atoms with Crippen molar-refractivity contribution in [1.82, 2.24) is 0 Å². The highest BCUT2D eigenvalue weighted by atomic mass is 19.1. The SMILES string of the molecule is C=CC(=O)OCOc1ccc(-c2c(CCCF)cc(C#Cc3ccc(C(=O)OC=Cc4ccc(OC(=O)C=C)cc4)c(F)c3)cc2OC(=O)C=C)cc1. The normalized spacial score (nSPS) is 10.3. The molecule has 0 aromatic heterocycles. The molecule has 0 saturated carbocycles. The van der Waals surface area contributed by atoms with Gasteiger partial charge in [-0.15, -0.1) is 0 Å². The van der Waals surface area contributed by atoms with Crippen molar-refractivity contribution in [2.45, 2.75) is 12.8 Å². The van der Waals surface area contributed by atoms with Gasteiger partial charge in [0, 0.05) is 34.9 Å². The quantitative estimate of drug-likeness (QED) is 0.0303. The van der Waals surface area contributed by atoms with Gasteiger partial charge in [0.15, 0.2) is 0 Å². The third-order valence-corrected chi connectivity index (χ3v) is 7.12. The monoisotopic (exact) mass is 718 g/mol. The Morgan fingerprint density at radius 3 is 2.06 bits per heavy atom. The minimum Gasteiger partial charge on any atom is -0.457 e. The van der Waals surface area contributed by atoms with E-state index in [1.807, 2.05) is 0 Å².